The molecule has 2 aliphatic heterocycles. The van der Waals surface area contributed by atoms with Gasteiger partial charge in [0.2, 0.25) is 6.23 Å². The second-order valence-electron chi connectivity index (χ2n) is 6.88. The van der Waals surface area contributed by atoms with Crippen LogP contribution in [0.1, 0.15) is 62.2 Å². The molecule has 3 aliphatic rings. The second kappa shape index (κ2) is 5.38. The molecule has 2 fully saturated rings. The van der Waals surface area contributed by atoms with Crippen LogP contribution in [0.15, 0.2) is 24.3 Å². The summed E-state index contributed by atoms with van der Waals surface area (Å²) in [6.45, 7) is 2.56. The number of nitrogens with zero attached hydrogens (tertiary/aromatic N) is 1. The number of hydrogen-bond acceptors (Lipinski definition) is 2. The molecule has 21 heavy (non-hydrogen) atoms. The minimum atomic E-state index is -0.178. The Morgan fingerprint density at radius 1 is 1.00 bits per heavy atom. The third-order valence-corrected chi connectivity index (χ3v) is 5.90. The van der Waals surface area contributed by atoms with Crippen molar-refractivity contribution in [1.82, 2.24) is 0 Å². The molecular formula is C18H26NO2+. The number of fused-ring (bicyclic) bond motifs is 1. The van der Waals surface area contributed by atoms with Gasteiger partial charge in [-0.3, -0.25) is 9.22 Å². The van der Waals surface area contributed by atoms with Crippen LogP contribution in [0.4, 0.5) is 0 Å². The molecule has 3 heteroatoms. The van der Waals surface area contributed by atoms with Gasteiger partial charge in [0, 0.05) is 18.2 Å². The van der Waals surface area contributed by atoms with Crippen molar-refractivity contribution in [3.63, 3.8) is 0 Å². The van der Waals surface area contributed by atoms with E-state index in [1.807, 2.05) is 0 Å². The normalized spacial score (nSPS) is 31.7. The van der Waals surface area contributed by atoms with E-state index in [9.17, 15) is 0 Å². The van der Waals surface area contributed by atoms with E-state index in [0.717, 1.165) is 10.5 Å². The summed E-state index contributed by atoms with van der Waals surface area (Å²) in [4.78, 5) is 0. The molecule has 0 bridgehead atoms. The van der Waals surface area contributed by atoms with Gasteiger partial charge in [0.25, 0.3) is 0 Å². The fourth-order valence-electron chi connectivity index (χ4n) is 4.59. The van der Waals surface area contributed by atoms with Crippen molar-refractivity contribution in [3.8, 4) is 0 Å². The Morgan fingerprint density at radius 3 is 2.33 bits per heavy atom. The molecule has 1 aliphatic carbocycles. The van der Waals surface area contributed by atoms with Gasteiger partial charge in [0.1, 0.15) is 0 Å². The van der Waals surface area contributed by atoms with E-state index in [1.165, 1.54) is 62.7 Å². The van der Waals surface area contributed by atoms with E-state index in [0.29, 0.717) is 0 Å². The molecule has 1 aromatic rings. The first kappa shape index (κ1) is 13.7. The molecule has 2 atom stereocenters. The van der Waals surface area contributed by atoms with E-state index in [-0.39, 0.29) is 12.5 Å². The monoisotopic (exact) mass is 288 g/mol. The number of methoxy groups -OCH3 is 1. The zero-order valence-corrected chi connectivity index (χ0v) is 13.0. The van der Waals surface area contributed by atoms with E-state index < -0.39 is 0 Å². The van der Waals surface area contributed by atoms with Gasteiger partial charge >= 0.3 is 0 Å². The molecule has 3 nitrogen and oxygen atoms in total. The topological polar surface area (TPSA) is 18.5 Å². The van der Waals surface area contributed by atoms with Crippen LogP contribution in [0.25, 0.3) is 0 Å². The Labute approximate surface area is 127 Å². The summed E-state index contributed by atoms with van der Waals surface area (Å²) >= 11 is 0. The van der Waals surface area contributed by atoms with Gasteiger partial charge in [0.15, 0.2) is 6.29 Å². The highest BCUT2D eigenvalue weighted by Crippen LogP contribution is 2.50. The predicted molar refractivity (Wildman–Crippen MR) is 81.5 cm³/mol. The van der Waals surface area contributed by atoms with Crippen LogP contribution in [-0.2, 0) is 9.47 Å². The van der Waals surface area contributed by atoms with Crippen molar-refractivity contribution in [2.24, 2.45) is 0 Å². The van der Waals surface area contributed by atoms with Gasteiger partial charge in [-0.2, -0.15) is 0 Å². The molecule has 1 saturated heterocycles. The number of piperidine rings is 1. The maximum atomic E-state index is 6.43. The van der Waals surface area contributed by atoms with Gasteiger partial charge in [0.05, 0.1) is 19.1 Å². The number of hydrogen-bond donors (Lipinski definition) is 0. The molecule has 0 spiro atoms. The minimum absolute atomic E-state index is 0.178. The average Bonchev–Trinajstić information content (AvgIpc) is 2.86. The fraction of sp³-hybridized carbons (Fsp3) is 0.667. The number of benzene rings is 1. The summed E-state index contributed by atoms with van der Waals surface area (Å²) in [7, 11) is 1.76. The summed E-state index contributed by atoms with van der Waals surface area (Å²) in [6.07, 6.45) is 8.23. The van der Waals surface area contributed by atoms with E-state index in [4.69, 9.17) is 9.47 Å². The Hall–Kier alpha value is -0.900. The van der Waals surface area contributed by atoms with Gasteiger partial charge in [-0.1, -0.05) is 18.2 Å². The molecule has 1 saturated carbocycles. The van der Waals surface area contributed by atoms with Crippen molar-refractivity contribution in [2.45, 2.75) is 57.1 Å². The Kier molecular flexibility index (Phi) is 3.52. The van der Waals surface area contributed by atoms with Crippen LogP contribution in [0.5, 0.6) is 0 Å². The van der Waals surface area contributed by atoms with Gasteiger partial charge in [-0.25, -0.2) is 0 Å². The molecule has 0 aromatic heterocycles. The lowest BCUT2D eigenvalue weighted by atomic mass is 9.85. The summed E-state index contributed by atoms with van der Waals surface area (Å²) in [6, 6.07) is 9.48. The molecule has 0 N–H and O–H groups in total. The average molecular weight is 288 g/mol. The lowest BCUT2D eigenvalue weighted by Gasteiger charge is -2.53. The van der Waals surface area contributed by atoms with Crippen LogP contribution in [0.2, 0.25) is 0 Å². The Morgan fingerprint density at radius 2 is 1.71 bits per heavy atom. The molecule has 0 amide bonds. The zero-order chi connectivity index (χ0) is 14.3. The molecule has 0 radical (unpaired) electrons. The predicted octanol–water partition coefficient (Wildman–Crippen LogP) is 3.91. The quantitative estimate of drug-likeness (QED) is 0.785. The fourth-order valence-corrected chi connectivity index (χ4v) is 4.59. The van der Waals surface area contributed by atoms with Gasteiger partial charge < -0.3 is 4.74 Å². The third-order valence-electron chi connectivity index (χ3n) is 5.90. The second-order valence-corrected chi connectivity index (χ2v) is 6.88. The number of ether oxygens (including phenoxy) is 2. The SMILES string of the molecule is COC1OC([N+]2(C3CCC3)CCCCC2)c2ccccc21. The number of rotatable bonds is 3. The first-order chi connectivity index (χ1) is 10.3. The highest BCUT2D eigenvalue weighted by Gasteiger charge is 2.52. The molecule has 4 rings (SSSR count). The molecular weight excluding hydrogens is 262 g/mol. The van der Waals surface area contributed by atoms with Crippen molar-refractivity contribution < 1.29 is 14.0 Å². The van der Waals surface area contributed by atoms with Gasteiger partial charge in [-0.15, -0.1) is 0 Å². The molecule has 2 unspecified atom stereocenters. The van der Waals surface area contributed by atoms with Crippen LogP contribution >= 0.6 is 0 Å². The van der Waals surface area contributed by atoms with Crippen LogP contribution in [0, 0.1) is 0 Å². The van der Waals surface area contributed by atoms with E-state index >= 15 is 0 Å². The zero-order valence-electron chi connectivity index (χ0n) is 13.0. The Balaban J connectivity index is 1.73. The van der Waals surface area contributed by atoms with Crippen molar-refractivity contribution in [3.05, 3.63) is 35.4 Å². The molecule has 1 aromatic carbocycles. The highest BCUT2D eigenvalue weighted by atomic mass is 16.7. The molecule has 2 heterocycles. The maximum absolute atomic E-state index is 6.43. The van der Waals surface area contributed by atoms with Crippen LogP contribution in [-0.4, -0.2) is 30.7 Å². The Bertz CT molecular complexity index is 506. The first-order valence-electron chi connectivity index (χ1n) is 8.49. The largest absolute Gasteiger partial charge is 0.351 e. The molecule has 114 valence electrons. The summed E-state index contributed by atoms with van der Waals surface area (Å²) in [5, 5.41) is 0. The summed E-state index contributed by atoms with van der Waals surface area (Å²) < 4.78 is 13.2. The smallest absolute Gasteiger partial charge is 0.223 e. The lowest BCUT2D eigenvalue weighted by Crippen LogP contribution is -2.62. The third kappa shape index (κ3) is 2.06. The first-order valence-corrected chi connectivity index (χ1v) is 8.49. The summed E-state index contributed by atoms with van der Waals surface area (Å²) in [5.74, 6) is 0. The highest BCUT2D eigenvalue weighted by molar-refractivity contribution is 5.32. The minimum Gasteiger partial charge on any atom is -0.351 e. The van der Waals surface area contributed by atoms with Crippen LogP contribution < -0.4 is 0 Å². The van der Waals surface area contributed by atoms with E-state index in [2.05, 4.69) is 24.3 Å². The lowest BCUT2D eigenvalue weighted by molar-refractivity contribution is -1.01. The maximum Gasteiger partial charge on any atom is 0.223 e. The van der Waals surface area contributed by atoms with Crippen molar-refractivity contribution in [2.75, 3.05) is 20.2 Å². The van der Waals surface area contributed by atoms with E-state index in [1.54, 1.807) is 7.11 Å². The number of quaternary nitrogens is 1. The summed E-state index contributed by atoms with van der Waals surface area (Å²) in [5.41, 5.74) is 2.62. The number of likely N-dealkylation sites (tertiary alicyclic amines) is 1. The van der Waals surface area contributed by atoms with Crippen molar-refractivity contribution in [1.29, 1.82) is 0 Å². The van der Waals surface area contributed by atoms with Crippen LogP contribution in [0.3, 0.4) is 0 Å². The van der Waals surface area contributed by atoms with Gasteiger partial charge in [-0.05, 0) is 44.6 Å². The standard InChI is InChI=1S/C18H26NO2/c1-20-18-16-11-4-3-10-15(16)17(21-18)19(14-8-7-9-14)12-5-2-6-13-19/h3-4,10-11,14,17-18H,2,5-9,12-13H2,1H3/q+1. The van der Waals surface area contributed by atoms with Crippen molar-refractivity contribution >= 4 is 0 Å².